The molecule has 0 radical (unpaired) electrons. The molecular formula is C23H29N5O2. The smallest absolute Gasteiger partial charge is 0.249 e. The molecule has 0 bridgehead atoms. The number of anilines is 1. The lowest BCUT2D eigenvalue weighted by molar-refractivity contribution is -0.134. The maximum Gasteiger partial charge on any atom is 0.249 e. The van der Waals surface area contributed by atoms with Crippen molar-refractivity contribution in [3.05, 3.63) is 53.9 Å². The van der Waals surface area contributed by atoms with Crippen molar-refractivity contribution >= 4 is 17.8 Å². The molecule has 1 aromatic heterocycles. The van der Waals surface area contributed by atoms with Crippen molar-refractivity contribution < 1.29 is 9.59 Å². The summed E-state index contributed by atoms with van der Waals surface area (Å²) in [4.78, 5) is 36.5. The number of carbonyl (C=O) groups is 2. The summed E-state index contributed by atoms with van der Waals surface area (Å²) in [6.45, 7) is 3.49. The molecule has 158 valence electrons. The van der Waals surface area contributed by atoms with Crippen LogP contribution in [0.2, 0.25) is 0 Å². The molecule has 7 nitrogen and oxygen atoms in total. The predicted molar refractivity (Wildman–Crippen MR) is 115 cm³/mol. The molecule has 1 aliphatic heterocycles. The van der Waals surface area contributed by atoms with E-state index in [1.807, 2.05) is 25.1 Å². The quantitative estimate of drug-likeness (QED) is 0.761. The van der Waals surface area contributed by atoms with Gasteiger partial charge >= 0.3 is 0 Å². The van der Waals surface area contributed by atoms with E-state index in [2.05, 4.69) is 31.8 Å². The number of aryl methyl sites for hydroxylation is 1. The van der Waals surface area contributed by atoms with Crippen LogP contribution >= 0.6 is 0 Å². The Labute approximate surface area is 177 Å². The molecule has 30 heavy (non-hydrogen) atoms. The monoisotopic (exact) mass is 407 g/mol. The van der Waals surface area contributed by atoms with Crippen LogP contribution < -0.4 is 15.8 Å². The van der Waals surface area contributed by atoms with Crippen molar-refractivity contribution in [3.8, 4) is 0 Å². The van der Waals surface area contributed by atoms with Crippen molar-refractivity contribution in [3.63, 3.8) is 0 Å². The van der Waals surface area contributed by atoms with Gasteiger partial charge in [-0.1, -0.05) is 42.7 Å². The zero-order chi connectivity index (χ0) is 21.0. The Morgan fingerprint density at radius 3 is 2.40 bits per heavy atom. The van der Waals surface area contributed by atoms with E-state index in [0.29, 0.717) is 18.8 Å². The summed E-state index contributed by atoms with van der Waals surface area (Å²) < 4.78 is 0. The average molecular weight is 408 g/mol. The summed E-state index contributed by atoms with van der Waals surface area (Å²) in [5.41, 5.74) is 7.09. The Bertz CT molecular complexity index is 887. The average Bonchev–Trinajstić information content (AvgIpc) is 3.29. The van der Waals surface area contributed by atoms with Crippen LogP contribution in [0.3, 0.4) is 0 Å². The zero-order valence-corrected chi connectivity index (χ0v) is 17.4. The Morgan fingerprint density at radius 2 is 1.73 bits per heavy atom. The first-order valence-electron chi connectivity index (χ1n) is 10.8. The highest BCUT2D eigenvalue weighted by Gasteiger charge is 2.43. The van der Waals surface area contributed by atoms with E-state index < -0.39 is 5.41 Å². The highest BCUT2D eigenvalue weighted by atomic mass is 16.2. The van der Waals surface area contributed by atoms with Gasteiger partial charge < -0.3 is 4.90 Å². The lowest BCUT2D eigenvalue weighted by atomic mass is 9.77. The molecule has 2 aliphatic rings. The summed E-state index contributed by atoms with van der Waals surface area (Å²) in [6, 6.07) is 9.95. The topological polar surface area (TPSA) is 87.2 Å². The molecular weight excluding hydrogens is 378 g/mol. The van der Waals surface area contributed by atoms with Crippen molar-refractivity contribution in [2.75, 3.05) is 18.0 Å². The Balaban J connectivity index is 1.34. The number of carbonyl (C=O) groups excluding carboxylic acids is 2. The number of nitrogens with zero attached hydrogens (tertiary/aromatic N) is 3. The van der Waals surface area contributed by atoms with Crippen LogP contribution in [0, 0.1) is 12.8 Å². The minimum atomic E-state index is -0.548. The summed E-state index contributed by atoms with van der Waals surface area (Å²) in [5.74, 6) is 0.359. The third-order valence-corrected chi connectivity index (χ3v) is 6.46. The molecule has 1 aliphatic carbocycles. The zero-order valence-electron chi connectivity index (χ0n) is 17.4. The van der Waals surface area contributed by atoms with E-state index >= 15 is 0 Å². The standard InChI is InChI=1S/C23H29N5O2/c1-17-6-4-7-19(16-17)23(10-2-3-11-23)21(30)27-26-20(29)18-8-14-28(15-9-18)22-24-12-5-13-25-22/h4-7,12-13,16,18H,2-3,8-11,14-15H2,1H3,(H,26,29)(H,27,30). The minimum Gasteiger partial charge on any atom is -0.341 e. The molecule has 2 fully saturated rings. The molecule has 0 atom stereocenters. The van der Waals surface area contributed by atoms with E-state index in [0.717, 1.165) is 49.9 Å². The van der Waals surface area contributed by atoms with Gasteiger partial charge in [-0.05, 0) is 44.2 Å². The molecule has 4 rings (SSSR count). The predicted octanol–water partition coefficient (Wildman–Crippen LogP) is 2.66. The number of piperidine rings is 1. The summed E-state index contributed by atoms with van der Waals surface area (Å²) in [6.07, 6.45) is 8.55. The van der Waals surface area contributed by atoms with Gasteiger partial charge in [0.2, 0.25) is 17.8 Å². The van der Waals surface area contributed by atoms with Gasteiger partial charge in [0.1, 0.15) is 0 Å². The van der Waals surface area contributed by atoms with Crippen LogP contribution in [-0.2, 0) is 15.0 Å². The maximum atomic E-state index is 13.2. The molecule has 2 aromatic rings. The Kier molecular flexibility index (Phi) is 5.97. The second kappa shape index (κ2) is 8.81. The largest absolute Gasteiger partial charge is 0.341 e. The highest BCUT2D eigenvalue weighted by molar-refractivity contribution is 5.91. The number of amides is 2. The molecule has 1 aromatic carbocycles. The number of hydrazine groups is 1. The number of benzene rings is 1. The SMILES string of the molecule is Cc1cccc(C2(C(=O)NNC(=O)C3CCN(c4ncccn4)CC3)CCCC2)c1. The molecule has 0 spiro atoms. The fourth-order valence-corrected chi connectivity index (χ4v) is 4.70. The van der Waals surface area contributed by atoms with Crippen LogP contribution in [0.4, 0.5) is 5.95 Å². The first-order valence-corrected chi connectivity index (χ1v) is 10.8. The molecule has 1 saturated carbocycles. The van der Waals surface area contributed by atoms with Crippen LogP contribution in [0.1, 0.15) is 49.7 Å². The van der Waals surface area contributed by atoms with Crippen molar-refractivity contribution in [1.29, 1.82) is 0 Å². The van der Waals surface area contributed by atoms with Crippen LogP contribution in [-0.4, -0.2) is 34.9 Å². The minimum absolute atomic E-state index is 0.103. The number of hydrogen-bond acceptors (Lipinski definition) is 5. The molecule has 2 heterocycles. The first kappa shape index (κ1) is 20.3. The van der Waals surface area contributed by atoms with Crippen molar-refractivity contribution in [2.45, 2.75) is 50.9 Å². The summed E-state index contributed by atoms with van der Waals surface area (Å²) in [7, 11) is 0. The van der Waals surface area contributed by atoms with E-state index in [1.165, 1.54) is 0 Å². The maximum absolute atomic E-state index is 13.2. The van der Waals surface area contributed by atoms with E-state index in [-0.39, 0.29) is 17.7 Å². The summed E-state index contributed by atoms with van der Waals surface area (Å²) in [5, 5.41) is 0. The molecule has 2 N–H and O–H groups in total. The molecule has 2 amide bonds. The molecule has 1 saturated heterocycles. The van der Waals surface area contributed by atoms with E-state index in [4.69, 9.17) is 0 Å². The number of rotatable bonds is 4. The van der Waals surface area contributed by atoms with Gasteiger partial charge in [0, 0.05) is 31.4 Å². The van der Waals surface area contributed by atoms with Gasteiger partial charge in [-0.25, -0.2) is 9.97 Å². The van der Waals surface area contributed by atoms with E-state index in [1.54, 1.807) is 18.5 Å². The van der Waals surface area contributed by atoms with Gasteiger partial charge in [-0.3, -0.25) is 20.4 Å². The van der Waals surface area contributed by atoms with Gasteiger partial charge in [-0.15, -0.1) is 0 Å². The molecule has 7 heteroatoms. The lowest BCUT2D eigenvalue weighted by Crippen LogP contribution is -2.53. The van der Waals surface area contributed by atoms with Gasteiger partial charge in [-0.2, -0.15) is 0 Å². The normalized spacial score (nSPS) is 18.8. The van der Waals surface area contributed by atoms with Gasteiger partial charge in [0.05, 0.1) is 5.41 Å². The summed E-state index contributed by atoms with van der Waals surface area (Å²) >= 11 is 0. The Hall–Kier alpha value is -2.96. The second-order valence-electron chi connectivity index (χ2n) is 8.41. The van der Waals surface area contributed by atoms with Crippen molar-refractivity contribution in [2.24, 2.45) is 5.92 Å². The lowest BCUT2D eigenvalue weighted by Gasteiger charge is -2.32. The number of hydrogen-bond donors (Lipinski definition) is 2. The Morgan fingerprint density at radius 1 is 1.03 bits per heavy atom. The van der Waals surface area contributed by atoms with Crippen LogP contribution in [0.15, 0.2) is 42.7 Å². The third kappa shape index (κ3) is 4.15. The van der Waals surface area contributed by atoms with Gasteiger partial charge in [0.15, 0.2) is 0 Å². The fraction of sp³-hybridized carbons (Fsp3) is 0.478. The first-order chi connectivity index (χ1) is 14.6. The van der Waals surface area contributed by atoms with Crippen molar-refractivity contribution in [1.82, 2.24) is 20.8 Å². The number of nitrogens with one attached hydrogen (secondary N) is 2. The third-order valence-electron chi connectivity index (χ3n) is 6.46. The van der Waals surface area contributed by atoms with Crippen LogP contribution in [0.25, 0.3) is 0 Å². The van der Waals surface area contributed by atoms with E-state index in [9.17, 15) is 9.59 Å². The molecule has 0 unspecified atom stereocenters. The highest BCUT2D eigenvalue weighted by Crippen LogP contribution is 2.41. The number of aromatic nitrogens is 2. The second-order valence-corrected chi connectivity index (χ2v) is 8.41. The van der Waals surface area contributed by atoms with Gasteiger partial charge in [0.25, 0.3) is 0 Å². The van der Waals surface area contributed by atoms with Crippen LogP contribution in [0.5, 0.6) is 0 Å². The fourth-order valence-electron chi connectivity index (χ4n) is 4.70.